The van der Waals surface area contributed by atoms with E-state index in [-0.39, 0.29) is 12.4 Å². The summed E-state index contributed by atoms with van der Waals surface area (Å²) < 4.78 is 17.2. The van der Waals surface area contributed by atoms with Gasteiger partial charge in [-0.05, 0) is 25.0 Å². The molecule has 1 saturated carbocycles. The number of nitrogens with one attached hydrogen (secondary N) is 1. The van der Waals surface area contributed by atoms with E-state index >= 15 is 0 Å². The number of rotatable bonds is 6. The van der Waals surface area contributed by atoms with Crippen LogP contribution in [-0.2, 0) is 20.7 Å². The first kappa shape index (κ1) is 17.0. The zero-order valence-corrected chi connectivity index (χ0v) is 13.5. The van der Waals surface area contributed by atoms with Gasteiger partial charge in [-0.2, -0.15) is 0 Å². The summed E-state index contributed by atoms with van der Waals surface area (Å²) in [5, 5.41) is 2.56. The average Bonchev–Trinajstić information content (AvgIpc) is 2.98. The van der Waals surface area contributed by atoms with Crippen LogP contribution in [-0.4, -0.2) is 29.4 Å². The lowest BCUT2D eigenvalue weighted by Gasteiger charge is -2.12. The Hall–Kier alpha value is -1.33. The summed E-state index contributed by atoms with van der Waals surface area (Å²) in [7, 11) is 0. The van der Waals surface area contributed by atoms with Crippen LogP contribution in [0.5, 0.6) is 0 Å². The standard InChI is InChI=1S/C15H16Cl2FNO3/c1-14(9-15(14,16)17)13(21)22-8-12(20)19-7-6-10-4-2-3-5-11(10)18/h2-5H,6-9H2,1H3,(H,19,20)/t14-/m0/s1. The zero-order chi connectivity index (χ0) is 16.4. The minimum absolute atomic E-state index is 0.254. The van der Waals surface area contributed by atoms with E-state index in [1.165, 1.54) is 6.07 Å². The van der Waals surface area contributed by atoms with Crippen molar-refractivity contribution in [1.29, 1.82) is 0 Å². The van der Waals surface area contributed by atoms with Gasteiger partial charge in [-0.15, -0.1) is 23.2 Å². The summed E-state index contributed by atoms with van der Waals surface area (Å²) in [5.41, 5.74) is -0.442. The molecule has 1 atom stereocenters. The van der Waals surface area contributed by atoms with Gasteiger partial charge in [-0.1, -0.05) is 18.2 Å². The molecule has 1 amide bonds. The van der Waals surface area contributed by atoms with E-state index in [4.69, 9.17) is 27.9 Å². The quantitative estimate of drug-likeness (QED) is 0.635. The van der Waals surface area contributed by atoms with E-state index in [1.54, 1.807) is 25.1 Å². The SMILES string of the molecule is C[C@@]1(C(=O)OCC(=O)NCCc2ccccc2F)CC1(Cl)Cl. The first-order valence-electron chi connectivity index (χ1n) is 6.81. The first-order chi connectivity index (χ1) is 10.3. The fourth-order valence-electron chi connectivity index (χ4n) is 2.00. The van der Waals surface area contributed by atoms with Crippen LogP contribution < -0.4 is 5.32 Å². The molecular weight excluding hydrogens is 332 g/mol. The average molecular weight is 348 g/mol. The largest absolute Gasteiger partial charge is 0.455 e. The Bertz CT molecular complexity index is 594. The second-order valence-corrected chi connectivity index (χ2v) is 6.96. The Morgan fingerprint density at radius 2 is 2.00 bits per heavy atom. The summed E-state index contributed by atoms with van der Waals surface area (Å²) in [6, 6.07) is 6.34. The number of alkyl halides is 2. The maximum absolute atomic E-state index is 13.4. The summed E-state index contributed by atoms with van der Waals surface area (Å²) in [6.45, 7) is 1.44. The van der Waals surface area contributed by atoms with E-state index in [0.29, 0.717) is 18.4 Å². The molecule has 1 N–H and O–H groups in total. The monoisotopic (exact) mass is 347 g/mol. The summed E-state index contributed by atoms with van der Waals surface area (Å²) in [5.74, 6) is -1.36. The summed E-state index contributed by atoms with van der Waals surface area (Å²) in [4.78, 5) is 23.3. The molecule has 4 nitrogen and oxygen atoms in total. The molecule has 0 spiro atoms. The molecule has 1 aliphatic carbocycles. The van der Waals surface area contributed by atoms with Crippen LogP contribution in [0.3, 0.4) is 0 Å². The Morgan fingerprint density at radius 1 is 1.36 bits per heavy atom. The molecule has 0 saturated heterocycles. The number of esters is 1. The predicted molar refractivity (Wildman–Crippen MR) is 81.2 cm³/mol. The Morgan fingerprint density at radius 3 is 2.59 bits per heavy atom. The van der Waals surface area contributed by atoms with Crippen molar-refractivity contribution in [1.82, 2.24) is 5.32 Å². The van der Waals surface area contributed by atoms with E-state index in [9.17, 15) is 14.0 Å². The lowest BCUT2D eigenvalue weighted by molar-refractivity contribution is -0.153. The Labute approximate surface area is 137 Å². The van der Waals surface area contributed by atoms with Gasteiger partial charge in [-0.3, -0.25) is 9.59 Å². The van der Waals surface area contributed by atoms with E-state index < -0.39 is 28.2 Å². The van der Waals surface area contributed by atoms with E-state index in [1.807, 2.05) is 0 Å². The van der Waals surface area contributed by atoms with Crippen molar-refractivity contribution in [3.8, 4) is 0 Å². The van der Waals surface area contributed by atoms with Crippen LogP contribution in [0, 0.1) is 11.2 Å². The Balaban J connectivity index is 1.69. The smallest absolute Gasteiger partial charge is 0.315 e. The van der Waals surface area contributed by atoms with Gasteiger partial charge < -0.3 is 10.1 Å². The molecule has 1 aromatic carbocycles. The zero-order valence-electron chi connectivity index (χ0n) is 12.0. The lowest BCUT2D eigenvalue weighted by atomic mass is 10.1. The number of carbonyl (C=O) groups is 2. The number of amides is 1. The van der Waals surface area contributed by atoms with Crippen LogP contribution in [0.15, 0.2) is 24.3 Å². The van der Waals surface area contributed by atoms with Crippen molar-refractivity contribution in [2.75, 3.05) is 13.2 Å². The van der Waals surface area contributed by atoms with Crippen molar-refractivity contribution in [3.05, 3.63) is 35.6 Å². The van der Waals surface area contributed by atoms with Crippen LogP contribution in [0.1, 0.15) is 18.9 Å². The van der Waals surface area contributed by atoms with Crippen LogP contribution in [0.4, 0.5) is 4.39 Å². The molecule has 0 bridgehead atoms. The van der Waals surface area contributed by atoms with Gasteiger partial charge in [0.05, 0.1) is 0 Å². The minimum Gasteiger partial charge on any atom is -0.455 e. The number of halogens is 3. The molecular formula is C15H16Cl2FNO3. The summed E-state index contributed by atoms with van der Waals surface area (Å²) in [6.07, 6.45) is 0.660. The van der Waals surface area contributed by atoms with Crippen molar-refractivity contribution in [2.45, 2.75) is 24.1 Å². The summed E-state index contributed by atoms with van der Waals surface area (Å²) >= 11 is 11.7. The third kappa shape index (κ3) is 3.70. The number of hydrogen-bond donors (Lipinski definition) is 1. The number of ether oxygens (including phenoxy) is 1. The second kappa shape index (κ2) is 6.42. The minimum atomic E-state index is -1.12. The highest BCUT2D eigenvalue weighted by Crippen LogP contribution is 2.64. The van der Waals surface area contributed by atoms with Crippen LogP contribution >= 0.6 is 23.2 Å². The molecule has 1 aliphatic rings. The molecule has 2 rings (SSSR count). The number of benzene rings is 1. The van der Waals surface area contributed by atoms with Gasteiger partial charge >= 0.3 is 5.97 Å². The van der Waals surface area contributed by atoms with Gasteiger partial charge in [0, 0.05) is 13.0 Å². The van der Waals surface area contributed by atoms with Crippen LogP contribution in [0.25, 0.3) is 0 Å². The molecule has 0 aliphatic heterocycles. The molecule has 0 radical (unpaired) electrons. The van der Waals surface area contributed by atoms with E-state index in [2.05, 4.69) is 5.32 Å². The highest BCUT2D eigenvalue weighted by atomic mass is 35.5. The maximum atomic E-state index is 13.4. The van der Waals surface area contributed by atoms with Crippen molar-refractivity contribution in [3.63, 3.8) is 0 Å². The number of carbonyl (C=O) groups excluding carboxylic acids is 2. The molecule has 22 heavy (non-hydrogen) atoms. The van der Waals surface area contributed by atoms with Gasteiger partial charge in [0.15, 0.2) is 6.61 Å². The predicted octanol–water partition coefficient (Wildman–Crippen LogP) is 2.61. The highest BCUT2D eigenvalue weighted by molar-refractivity contribution is 6.53. The number of hydrogen-bond acceptors (Lipinski definition) is 3. The van der Waals surface area contributed by atoms with Gasteiger partial charge in [0.1, 0.15) is 15.6 Å². The molecule has 0 unspecified atom stereocenters. The van der Waals surface area contributed by atoms with Gasteiger partial charge in [0.2, 0.25) is 0 Å². The topological polar surface area (TPSA) is 55.4 Å². The third-order valence-corrected chi connectivity index (χ3v) is 4.82. The Kier molecular flexibility index (Phi) is 4.97. The van der Waals surface area contributed by atoms with Crippen LogP contribution in [0.2, 0.25) is 0 Å². The highest BCUT2D eigenvalue weighted by Gasteiger charge is 2.69. The molecule has 1 aromatic rings. The maximum Gasteiger partial charge on any atom is 0.315 e. The van der Waals surface area contributed by atoms with Crippen molar-refractivity contribution < 1.29 is 18.7 Å². The first-order valence-corrected chi connectivity index (χ1v) is 7.57. The molecule has 1 fully saturated rings. The lowest BCUT2D eigenvalue weighted by Crippen LogP contribution is -2.32. The fraction of sp³-hybridized carbons (Fsp3) is 0.467. The molecule has 120 valence electrons. The second-order valence-electron chi connectivity index (χ2n) is 5.48. The normalized spacial score (nSPS) is 22.0. The third-order valence-electron chi connectivity index (χ3n) is 3.72. The molecule has 7 heteroatoms. The van der Waals surface area contributed by atoms with Gasteiger partial charge in [-0.25, -0.2) is 4.39 Å². The van der Waals surface area contributed by atoms with Crippen molar-refractivity contribution in [2.24, 2.45) is 5.41 Å². The fourth-order valence-corrected chi connectivity index (χ4v) is 2.69. The molecule has 0 heterocycles. The van der Waals surface area contributed by atoms with Gasteiger partial charge in [0.25, 0.3) is 5.91 Å². The van der Waals surface area contributed by atoms with E-state index in [0.717, 1.165) is 0 Å². The molecule has 0 aromatic heterocycles. The van der Waals surface area contributed by atoms with Crippen molar-refractivity contribution >= 4 is 35.1 Å².